The summed E-state index contributed by atoms with van der Waals surface area (Å²) in [6.07, 6.45) is -0.774. The van der Waals surface area contributed by atoms with Crippen LogP contribution >= 0.6 is 11.8 Å². The molecule has 0 radical (unpaired) electrons. The van der Waals surface area contributed by atoms with Crippen molar-refractivity contribution in [2.45, 2.75) is 38.4 Å². The topological polar surface area (TPSA) is 95.9 Å². The minimum Gasteiger partial charge on any atom is -0.444 e. The minimum absolute atomic E-state index is 0.319. The summed E-state index contributed by atoms with van der Waals surface area (Å²) in [6.45, 7) is 5.75. The molecule has 0 heterocycles. The van der Waals surface area contributed by atoms with Gasteiger partial charge in [-0.3, -0.25) is 4.79 Å². The molecule has 0 aromatic heterocycles. The van der Waals surface area contributed by atoms with Crippen molar-refractivity contribution in [3.63, 3.8) is 0 Å². The number of hydrogen-bond acceptors (Lipinski definition) is 6. The zero-order valence-corrected chi connectivity index (χ0v) is 10.6. The van der Waals surface area contributed by atoms with E-state index in [0.29, 0.717) is 11.8 Å². The second kappa shape index (κ2) is 5.51. The number of alkyl carbamates (subject to hydrolysis) is 1. The summed E-state index contributed by atoms with van der Waals surface area (Å²) in [5.74, 6) is 0. The molecule has 7 heteroatoms. The van der Waals surface area contributed by atoms with Crippen molar-refractivity contribution in [1.82, 2.24) is 5.32 Å². The van der Waals surface area contributed by atoms with Gasteiger partial charge in [0.05, 0.1) is 6.54 Å². The van der Waals surface area contributed by atoms with E-state index in [1.54, 1.807) is 20.8 Å². The van der Waals surface area contributed by atoms with Gasteiger partial charge in [0.15, 0.2) is 5.12 Å². The third-order valence-electron chi connectivity index (χ3n) is 1.17. The molecule has 0 spiro atoms. The highest BCUT2D eigenvalue weighted by molar-refractivity contribution is 8.14. The van der Waals surface area contributed by atoms with E-state index in [9.17, 15) is 19.8 Å². The van der Waals surface area contributed by atoms with Gasteiger partial charge in [-0.05, 0) is 32.5 Å². The van der Waals surface area contributed by atoms with Gasteiger partial charge in [-0.2, -0.15) is 0 Å². The SMILES string of the molecule is CC(=O)SC(O)(O)CNC(=O)OC(C)(C)C. The Labute approximate surface area is 98.4 Å². The van der Waals surface area contributed by atoms with Crippen molar-refractivity contribution in [2.24, 2.45) is 0 Å². The molecule has 0 rings (SSSR count). The Kier molecular flexibility index (Phi) is 5.24. The highest BCUT2D eigenvalue weighted by Crippen LogP contribution is 2.18. The highest BCUT2D eigenvalue weighted by atomic mass is 32.2. The number of carbonyl (C=O) groups is 2. The Morgan fingerprint density at radius 1 is 1.31 bits per heavy atom. The lowest BCUT2D eigenvalue weighted by Gasteiger charge is -2.23. The lowest BCUT2D eigenvalue weighted by Crippen LogP contribution is -2.43. The molecule has 0 fully saturated rings. The van der Waals surface area contributed by atoms with Gasteiger partial charge in [-0.15, -0.1) is 0 Å². The van der Waals surface area contributed by atoms with E-state index in [1.165, 1.54) is 6.92 Å². The van der Waals surface area contributed by atoms with Crippen molar-refractivity contribution in [1.29, 1.82) is 0 Å². The smallest absolute Gasteiger partial charge is 0.407 e. The number of nitrogens with one attached hydrogen (secondary N) is 1. The van der Waals surface area contributed by atoms with Crippen LogP contribution in [0.3, 0.4) is 0 Å². The summed E-state index contributed by atoms with van der Waals surface area (Å²) < 4.78 is 4.87. The lowest BCUT2D eigenvalue weighted by molar-refractivity contribution is -0.111. The summed E-state index contributed by atoms with van der Waals surface area (Å²) in [4.78, 5) is 21.8. The van der Waals surface area contributed by atoms with Crippen molar-refractivity contribution >= 4 is 23.0 Å². The van der Waals surface area contributed by atoms with Crippen LogP contribution in [0.5, 0.6) is 0 Å². The van der Waals surface area contributed by atoms with Crippen LogP contribution in [0.4, 0.5) is 4.79 Å². The monoisotopic (exact) mass is 251 g/mol. The van der Waals surface area contributed by atoms with E-state index >= 15 is 0 Å². The standard InChI is InChI=1S/C9H17NO5S/c1-6(11)16-9(13,14)5-10-7(12)15-8(2,3)4/h13-14H,5H2,1-4H3,(H,10,12). The van der Waals surface area contributed by atoms with Crippen molar-refractivity contribution in [3.05, 3.63) is 0 Å². The molecule has 1 amide bonds. The van der Waals surface area contributed by atoms with Crippen molar-refractivity contribution in [2.75, 3.05) is 6.54 Å². The number of amides is 1. The van der Waals surface area contributed by atoms with E-state index in [1.807, 2.05) is 0 Å². The first kappa shape index (κ1) is 15.2. The normalized spacial score (nSPS) is 12.1. The van der Waals surface area contributed by atoms with Crippen LogP contribution in [0.25, 0.3) is 0 Å². The summed E-state index contributed by atoms with van der Waals surface area (Å²) in [5.41, 5.74) is -0.661. The maximum atomic E-state index is 11.1. The number of aliphatic hydroxyl groups is 2. The molecule has 0 saturated heterocycles. The van der Waals surface area contributed by atoms with E-state index in [2.05, 4.69) is 5.32 Å². The fourth-order valence-electron chi connectivity index (χ4n) is 0.768. The summed E-state index contributed by atoms with van der Waals surface area (Å²) in [5, 5.41) is 17.9. The molecule has 6 nitrogen and oxygen atoms in total. The van der Waals surface area contributed by atoms with Crippen LogP contribution in [0, 0.1) is 0 Å². The van der Waals surface area contributed by atoms with Gasteiger partial charge in [0.25, 0.3) is 0 Å². The van der Waals surface area contributed by atoms with Gasteiger partial charge in [0, 0.05) is 6.92 Å². The van der Waals surface area contributed by atoms with Gasteiger partial charge in [0.2, 0.25) is 5.12 Å². The Hall–Kier alpha value is -0.790. The molecule has 0 unspecified atom stereocenters. The second-order valence-electron chi connectivity index (χ2n) is 4.19. The predicted octanol–water partition coefficient (Wildman–Crippen LogP) is 0.429. The molecule has 16 heavy (non-hydrogen) atoms. The van der Waals surface area contributed by atoms with Crippen LogP contribution in [-0.4, -0.2) is 38.7 Å². The summed E-state index contributed by atoms with van der Waals surface area (Å²) >= 11 is 0.319. The van der Waals surface area contributed by atoms with Crippen LogP contribution in [0.2, 0.25) is 0 Å². The van der Waals surface area contributed by atoms with Gasteiger partial charge in [-0.25, -0.2) is 4.79 Å². The zero-order valence-electron chi connectivity index (χ0n) is 9.73. The average molecular weight is 251 g/mol. The first-order valence-corrected chi connectivity index (χ1v) is 5.45. The molecular weight excluding hydrogens is 234 g/mol. The molecular formula is C9H17NO5S. The van der Waals surface area contributed by atoms with E-state index in [4.69, 9.17) is 4.74 Å². The Morgan fingerprint density at radius 3 is 2.19 bits per heavy atom. The van der Waals surface area contributed by atoms with Crippen molar-refractivity contribution in [3.8, 4) is 0 Å². The molecule has 0 aliphatic heterocycles. The minimum atomic E-state index is -2.32. The molecule has 3 N–H and O–H groups in total. The first-order valence-electron chi connectivity index (χ1n) is 4.63. The molecule has 0 bridgehead atoms. The van der Waals surface area contributed by atoms with Gasteiger partial charge < -0.3 is 20.3 Å². The molecule has 94 valence electrons. The number of rotatable bonds is 3. The quantitative estimate of drug-likeness (QED) is 0.629. The van der Waals surface area contributed by atoms with E-state index in [-0.39, 0.29) is 0 Å². The number of hydrogen-bond donors (Lipinski definition) is 3. The molecule has 0 aliphatic carbocycles. The van der Waals surface area contributed by atoms with Gasteiger partial charge in [0.1, 0.15) is 5.60 Å². The maximum absolute atomic E-state index is 11.1. The molecule has 0 saturated carbocycles. The third kappa shape index (κ3) is 8.51. The molecule has 0 aromatic rings. The van der Waals surface area contributed by atoms with Gasteiger partial charge in [-0.1, -0.05) is 0 Å². The maximum Gasteiger partial charge on any atom is 0.407 e. The molecule has 0 atom stereocenters. The Bertz CT molecular complexity index is 272. The lowest BCUT2D eigenvalue weighted by atomic mass is 10.2. The van der Waals surface area contributed by atoms with Crippen LogP contribution in [0.1, 0.15) is 27.7 Å². The summed E-state index contributed by atoms with van der Waals surface area (Å²) in [7, 11) is 0. The summed E-state index contributed by atoms with van der Waals surface area (Å²) in [6, 6.07) is 0. The number of ether oxygens (including phenoxy) is 1. The van der Waals surface area contributed by atoms with Crippen molar-refractivity contribution < 1.29 is 24.5 Å². The number of thioether (sulfide) groups is 1. The van der Waals surface area contributed by atoms with E-state index < -0.39 is 28.5 Å². The van der Waals surface area contributed by atoms with E-state index in [0.717, 1.165) is 0 Å². The molecule has 0 aromatic carbocycles. The van der Waals surface area contributed by atoms with Crippen LogP contribution < -0.4 is 5.32 Å². The largest absolute Gasteiger partial charge is 0.444 e. The fourth-order valence-corrected chi connectivity index (χ4v) is 1.37. The number of carbonyl (C=O) groups excluding carboxylic acids is 2. The average Bonchev–Trinajstić information content (AvgIpc) is 1.95. The highest BCUT2D eigenvalue weighted by Gasteiger charge is 2.28. The zero-order chi connectivity index (χ0) is 13.0. The Balaban J connectivity index is 4.05. The second-order valence-corrected chi connectivity index (χ2v) is 5.63. The Morgan fingerprint density at radius 2 is 1.81 bits per heavy atom. The molecule has 0 aliphatic rings. The van der Waals surface area contributed by atoms with Gasteiger partial charge >= 0.3 is 6.09 Å². The first-order chi connectivity index (χ1) is 7.02. The fraction of sp³-hybridized carbons (Fsp3) is 0.778. The third-order valence-corrected chi connectivity index (χ3v) is 1.93. The van der Waals surface area contributed by atoms with Crippen LogP contribution in [-0.2, 0) is 9.53 Å². The predicted molar refractivity (Wildman–Crippen MR) is 59.7 cm³/mol. The van der Waals surface area contributed by atoms with Crippen LogP contribution in [0.15, 0.2) is 0 Å².